The molecule has 0 N–H and O–H groups in total. The Kier molecular flexibility index (Phi) is 3.84. The molecule has 0 spiro atoms. The first-order valence-electron chi connectivity index (χ1n) is 6.13. The van der Waals surface area contributed by atoms with Crippen molar-refractivity contribution in [3.63, 3.8) is 0 Å². The number of hydrogen-bond acceptors (Lipinski definition) is 3. The SMILES string of the molecule is CC(C)(C)OC(=O)N1CCC(=O)C(C)(C)CC1. The number of carbonyl (C=O) groups is 2. The number of carbonyl (C=O) groups excluding carboxylic acids is 2. The molecule has 1 aliphatic heterocycles. The van der Waals surface area contributed by atoms with Crippen molar-refractivity contribution in [2.45, 2.75) is 53.1 Å². The highest BCUT2D eigenvalue weighted by Gasteiger charge is 2.33. The lowest BCUT2D eigenvalue weighted by Crippen LogP contribution is -2.37. The lowest BCUT2D eigenvalue weighted by atomic mass is 9.84. The van der Waals surface area contributed by atoms with E-state index >= 15 is 0 Å². The summed E-state index contributed by atoms with van der Waals surface area (Å²) in [6, 6.07) is 0. The molecule has 98 valence electrons. The van der Waals surface area contributed by atoms with Crippen LogP contribution in [0.4, 0.5) is 4.79 Å². The molecule has 0 unspecified atom stereocenters. The van der Waals surface area contributed by atoms with Crippen LogP contribution in [0.2, 0.25) is 0 Å². The van der Waals surface area contributed by atoms with Gasteiger partial charge in [-0.15, -0.1) is 0 Å². The maximum atomic E-state index is 11.9. The number of ketones is 1. The third-order valence-electron chi connectivity index (χ3n) is 3.02. The molecule has 1 heterocycles. The minimum absolute atomic E-state index is 0.226. The van der Waals surface area contributed by atoms with Gasteiger partial charge in [-0.25, -0.2) is 4.79 Å². The van der Waals surface area contributed by atoms with E-state index < -0.39 is 5.60 Å². The van der Waals surface area contributed by atoms with E-state index in [1.54, 1.807) is 4.90 Å². The predicted octanol–water partition coefficient (Wildman–Crippen LogP) is 2.61. The average Bonchev–Trinajstić information content (AvgIpc) is 2.25. The zero-order valence-electron chi connectivity index (χ0n) is 11.5. The molecule has 4 nitrogen and oxygen atoms in total. The lowest BCUT2D eigenvalue weighted by molar-refractivity contribution is -0.126. The highest BCUT2D eigenvalue weighted by atomic mass is 16.6. The van der Waals surface area contributed by atoms with Crippen LogP contribution < -0.4 is 0 Å². The van der Waals surface area contributed by atoms with E-state index in [9.17, 15) is 9.59 Å². The second-order valence-corrected chi connectivity index (χ2v) is 6.27. The molecule has 0 aromatic carbocycles. The van der Waals surface area contributed by atoms with E-state index in [1.165, 1.54) is 0 Å². The van der Waals surface area contributed by atoms with Crippen LogP contribution in [0, 0.1) is 5.41 Å². The van der Waals surface area contributed by atoms with Crippen LogP contribution in [-0.2, 0) is 9.53 Å². The van der Waals surface area contributed by atoms with Gasteiger partial charge in [0.25, 0.3) is 0 Å². The van der Waals surface area contributed by atoms with Crippen molar-refractivity contribution in [2.24, 2.45) is 5.41 Å². The first-order valence-corrected chi connectivity index (χ1v) is 6.13. The molecule has 1 aliphatic rings. The molecule has 0 radical (unpaired) electrons. The molecule has 1 amide bonds. The Balaban J connectivity index is 2.63. The Morgan fingerprint density at radius 1 is 1.29 bits per heavy atom. The maximum absolute atomic E-state index is 11.9. The third-order valence-corrected chi connectivity index (χ3v) is 3.02. The second kappa shape index (κ2) is 4.67. The normalized spacial score (nSPS) is 21.0. The Bertz CT molecular complexity index is 315. The minimum Gasteiger partial charge on any atom is -0.444 e. The predicted molar refractivity (Wildman–Crippen MR) is 65.8 cm³/mol. The van der Waals surface area contributed by atoms with Gasteiger partial charge in [-0.2, -0.15) is 0 Å². The fraction of sp³-hybridized carbons (Fsp3) is 0.846. The molecule has 4 heteroatoms. The number of likely N-dealkylation sites (tertiary alicyclic amines) is 1. The van der Waals surface area contributed by atoms with Crippen molar-refractivity contribution in [1.29, 1.82) is 0 Å². The molecule has 1 fully saturated rings. The molecule has 0 bridgehead atoms. The molecule has 0 aliphatic carbocycles. The molecule has 1 saturated heterocycles. The van der Waals surface area contributed by atoms with Crippen LogP contribution in [0.15, 0.2) is 0 Å². The summed E-state index contributed by atoms with van der Waals surface area (Å²) < 4.78 is 5.31. The number of amides is 1. The lowest BCUT2D eigenvalue weighted by Gasteiger charge is -2.26. The van der Waals surface area contributed by atoms with Gasteiger partial charge in [0.2, 0.25) is 0 Å². The second-order valence-electron chi connectivity index (χ2n) is 6.27. The monoisotopic (exact) mass is 241 g/mol. The van der Waals surface area contributed by atoms with E-state index in [0.717, 1.165) is 0 Å². The largest absolute Gasteiger partial charge is 0.444 e. The van der Waals surface area contributed by atoms with Gasteiger partial charge in [-0.3, -0.25) is 4.79 Å². The fourth-order valence-corrected chi connectivity index (χ4v) is 1.75. The minimum atomic E-state index is -0.483. The Hall–Kier alpha value is -1.06. The zero-order chi connectivity index (χ0) is 13.3. The summed E-state index contributed by atoms with van der Waals surface area (Å²) in [5.74, 6) is 0.226. The van der Waals surface area contributed by atoms with Gasteiger partial charge in [-0.05, 0) is 27.2 Å². The number of ether oxygens (including phenoxy) is 1. The van der Waals surface area contributed by atoms with E-state index in [2.05, 4.69) is 0 Å². The first kappa shape index (κ1) is 14.0. The van der Waals surface area contributed by atoms with Gasteiger partial charge < -0.3 is 9.64 Å². The Morgan fingerprint density at radius 2 is 1.88 bits per heavy atom. The summed E-state index contributed by atoms with van der Waals surface area (Å²) in [4.78, 5) is 25.3. The van der Waals surface area contributed by atoms with Gasteiger partial charge in [0, 0.05) is 24.9 Å². The molecule has 0 aromatic heterocycles. The van der Waals surface area contributed by atoms with Crippen LogP contribution in [0.3, 0.4) is 0 Å². The highest BCUT2D eigenvalue weighted by Crippen LogP contribution is 2.27. The van der Waals surface area contributed by atoms with E-state index in [1.807, 2.05) is 34.6 Å². The van der Waals surface area contributed by atoms with Crippen LogP contribution in [-0.4, -0.2) is 35.5 Å². The molecule has 0 saturated carbocycles. The van der Waals surface area contributed by atoms with Crippen molar-refractivity contribution in [2.75, 3.05) is 13.1 Å². The molecule has 1 rings (SSSR count). The third kappa shape index (κ3) is 4.02. The van der Waals surface area contributed by atoms with Gasteiger partial charge in [-0.1, -0.05) is 13.8 Å². The molecule has 17 heavy (non-hydrogen) atoms. The maximum Gasteiger partial charge on any atom is 0.410 e. The van der Waals surface area contributed by atoms with Gasteiger partial charge >= 0.3 is 6.09 Å². The van der Waals surface area contributed by atoms with Crippen molar-refractivity contribution in [1.82, 2.24) is 4.90 Å². The van der Waals surface area contributed by atoms with Crippen molar-refractivity contribution >= 4 is 11.9 Å². The summed E-state index contributed by atoms with van der Waals surface area (Å²) in [7, 11) is 0. The van der Waals surface area contributed by atoms with Crippen LogP contribution in [0.5, 0.6) is 0 Å². The van der Waals surface area contributed by atoms with Crippen LogP contribution in [0.25, 0.3) is 0 Å². The van der Waals surface area contributed by atoms with Gasteiger partial charge in [0.1, 0.15) is 11.4 Å². The standard InChI is InChI=1S/C13H23NO3/c1-12(2,3)17-11(16)14-8-6-10(15)13(4,5)7-9-14/h6-9H2,1-5H3. The van der Waals surface area contributed by atoms with Gasteiger partial charge in [0.05, 0.1) is 0 Å². The summed E-state index contributed by atoms with van der Waals surface area (Å²) >= 11 is 0. The highest BCUT2D eigenvalue weighted by molar-refractivity contribution is 5.85. The first-order chi connectivity index (χ1) is 7.62. The summed E-state index contributed by atoms with van der Waals surface area (Å²) in [5, 5.41) is 0. The summed E-state index contributed by atoms with van der Waals surface area (Å²) in [6.07, 6.45) is 0.806. The quantitative estimate of drug-likeness (QED) is 0.655. The Labute approximate surface area is 103 Å². The zero-order valence-corrected chi connectivity index (χ0v) is 11.5. The number of rotatable bonds is 0. The number of nitrogens with zero attached hydrogens (tertiary/aromatic N) is 1. The summed E-state index contributed by atoms with van der Waals surface area (Å²) in [5.41, 5.74) is -0.806. The Morgan fingerprint density at radius 3 is 2.41 bits per heavy atom. The molecular formula is C13H23NO3. The van der Waals surface area contributed by atoms with E-state index in [4.69, 9.17) is 4.74 Å². The van der Waals surface area contributed by atoms with Crippen LogP contribution >= 0.6 is 0 Å². The fourth-order valence-electron chi connectivity index (χ4n) is 1.75. The van der Waals surface area contributed by atoms with E-state index in [0.29, 0.717) is 25.9 Å². The van der Waals surface area contributed by atoms with Crippen molar-refractivity contribution in [3.05, 3.63) is 0 Å². The van der Waals surface area contributed by atoms with E-state index in [-0.39, 0.29) is 17.3 Å². The topological polar surface area (TPSA) is 46.6 Å². The van der Waals surface area contributed by atoms with Gasteiger partial charge in [0.15, 0.2) is 0 Å². The number of hydrogen-bond donors (Lipinski definition) is 0. The van der Waals surface area contributed by atoms with Crippen LogP contribution in [0.1, 0.15) is 47.5 Å². The van der Waals surface area contributed by atoms with Crippen molar-refractivity contribution in [3.8, 4) is 0 Å². The number of Topliss-reactive ketones (excluding diaryl/α,β-unsaturated/α-hetero) is 1. The smallest absolute Gasteiger partial charge is 0.410 e. The molecule has 0 atom stereocenters. The molecular weight excluding hydrogens is 218 g/mol. The average molecular weight is 241 g/mol. The molecule has 0 aromatic rings. The summed E-state index contributed by atoms with van der Waals surface area (Å²) in [6.45, 7) is 10.5. The van der Waals surface area contributed by atoms with Crippen molar-refractivity contribution < 1.29 is 14.3 Å².